The second-order valence-electron chi connectivity index (χ2n) is 4.53. The van der Waals surface area contributed by atoms with Crippen molar-refractivity contribution in [1.82, 2.24) is 9.55 Å². The fourth-order valence-corrected chi connectivity index (χ4v) is 2.21. The first-order valence-corrected chi connectivity index (χ1v) is 6.22. The summed E-state index contributed by atoms with van der Waals surface area (Å²) >= 11 is 0. The Hall–Kier alpha value is -2.58. The van der Waals surface area contributed by atoms with Gasteiger partial charge >= 0.3 is 7.48 Å². The lowest BCUT2D eigenvalue weighted by atomic mass is 9.88. The topological polar surface area (TPSA) is 61.8 Å². The van der Waals surface area contributed by atoms with Gasteiger partial charge in [0.1, 0.15) is 11.6 Å². The fourth-order valence-electron chi connectivity index (χ4n) is 2.21. The van der Waals surface area contributed by atoms with E-state index in [0.29, 0.717) is 12.1 Å². The second kappa shape index (κ2) is 5.20. The van der Waals surface area contributed by atoms with Gasteiger partial charge in [-0.25, -0.2) is 4.98 Å². The number of benzene rings is 2. The molecule has 0 atom stereocenters. The van der Waals surface area contributed by atoms with Crippen molar-refractivity contribution < 1.29 is 5.02 Å². The van der Waals surface area contributed by atoms with Crippen LogP contribution in [0, 0.1) is 11.3 Å². The third-order valence-corrected chi connectivity index (χ3v) is 3.25. The molecule has 0 bridgehead atoms. The third kappa shape index (κ3) is 2.17. The van der Waals surface area contributed by atoms with E-state index in [1.165, 1.54) is 0 Å². The lowest BCUT2D eigenvalue weighted by Crippen LogP contribution is -2.12. The fraction of sp³-hybridized carbons (Fsp3) is 0.0667. The number of fused-ring (bicyclic) bond motifs is 1. The average molecular weight is 260 g/mol. The molecule has 5 heteroatoms. The van der Waals surface area contributed by atoms with Gasteiger partial charge in [0.05, 0.1) is 17.4 Å². The summed E-state index contributed by atoms with van der Waals surface area (Å²) in [5, 5.41) is 18.0. The maximum Gasteiger partial charge on any atom is 0.326 e. The van der Waals surface area contributed by atoms with Crippen molar-refractivity contribution in [2.45, 2.75) is 6.54 Å². The van der Waals surface area contributed by atoms with E-state index in [0.717, 1.165) is 29.5 Å². The molecule has 0 fully saturated rings. The SMILES string of the molecule is N#Cc1cccc2c1ncn2Cc1ccc([B]O)cc1. The highest BCUT2D eigenvalue weighted by molar-refractivity contribution is 6.45. The Bertz CT molecular complexity index is 787. The molecule has 0 unspecified atom stereocenters. The van der Waals surface area contributed by atoms with E-state index in [4.69, 9.17) is 10.3 Å². The number of nitrogens with zero attached hydrogens (tertiary/aromatic N) is 3. The summed E-state index contributed by atoms with van der Waals surface area (Å²) < 4.78 is 2.01. The Kier molecular flexibility index (Phi) is 3.24. The zero-order valence-corrected chi connectivity index (χ0v) is 10.7. The summed E-state index contributed by atoms with van der Waals surface area (Å²) in [6, 6.07) is 15.4. The van der Waals surface area contributed by atoms with Crippen molar-refractivity contribution in [2.24, 2.45) is 0 Å². The minimum absolute atomic E-state index is 0.589. The van der Waals surface area contributed by atoms with Crippen LogP contribution in [0.4, 0.5) is 0 Å². The average Bonchev–Trinajstić information content (AvgIpc) is 2.91. The van der Waals surface area contributed by atoms with E-state index in [1.54, 1.807) is 12.4 Å². The van der Waals surface area contributed by atoms with Crippen molar-refractivity contribution in [1.29, 1.82) is 5.26 Å². The smallest absolute Gasteiger partial charge is 0.326 e. The lowest BCUT2D eigenvalue weighted by molar-refractivity contribution is 0.615. The molecule has 3 rings (SSSR count). The van der Waals surface area contributed by atoms with Crippen molar-refractivity contribution in [3.63, 3.8) is 0 Å². The molecule has 0 aliphatic rings. The summed E-state index contributed by atoms with van der Waals surface area (Å²) in [5.41, 5.74) is 4.15. The molecule has 0 aliphatic heterocycles. The first-order chi connectivity index (χ1) is 9.81. The van der Waals surface area contributed by atoms with Crippen LogP contribution in [0.3, 0.4) is 0 Å². The van der Waals surface area contributed by atoms with Crippen LogP contribution in [0.2, 0.25) is 0 Å². The van der Waals surface area contributed by atoms with Gasteiger partial charge < -0.3 is 9.59 Å². The number of hydrogen-bond donors (Lipinski definition) is 1. The van der Waals surface area contributed by atoms with E-state index in [-0.39, 0.29) is 0 Å². The minimum Gasteiger partial charge on any atom is -0.450 e. The minimum atomic E-state index is 0.589. The molecule has 1 aromatic heterocycles. The first-order valence-electron chi connectivity index (χ1n) is 6.22. The number of rotatable bonds is 3. The molecule has 95 valence electrons. The zero-order chi connectivity index (χ0) is 13.9. The molecular weight excluding hydrogens is 249 g/mol. The molecule has 0 aliphatic carbocycles. The molecule has 1 radical (unpaired) electrons. The molecule has 1 N–H and O–H groups in total. The largest absolute Gasteiger partial charge is 0.450 e. The van der Waals surface area contributed by atoms with Gasteiger partial charge in [0, 0.05) is 6.54 Å². The van der Waals surface area contributed by atoms with Crippen LogP contribution in [0.5, 0.6) is 0 Å². The Morgan fingerprint density at radius 1 is 1.20 bits per heavy atom. The van der Waals surface area contributed by atoms with E-state index < -0.39 is 0 Å². The van der Waals surface area contributed by atoms with Crippen molar-refractivity contribution >= 4 is 24.0 Å². The highest BCUT2D eigenvalue weighted by Gasteiger charge is 2.07. The molecule has 0 saturated carbocycles. The monoisotopic (exact) mass is 260 g/mol. The van der Waals surface area contributed by atoms with E-state index in [1.807, 2.05) is 41.0 Å². The Morgan fingerprint density at radius 3 is 2.70 bits per heavy atom. The Morgan fingerprint density at radius 2 is 2.00 bits per heavy atom. The normalized spacial score (nSPS) is 10.4. The number of imidazole rings is 1. The van der Waals surface area contributed by atoms with Crippen LogP contribution in [-0.2, 0) is 6.54 Å². The lowest BCUT2D eigenvalue weighted by Gasteiger charge is -2.05. The van der Waals surface area contributed by atoms with Gasteiger partial charge in [0.15, 0.2) is 0 Å². The molecule has 0 saturated heterocycles. The first kappa shape index (κ1) is 12.5. The van der Waals surface area contributed by atoms with Crippen LogP contribution in [0.1, 0.15) is 11.1 Å². The predicted octanol–water partition coefficient (Wildman–Crippen LogP) is 1.19. The molecular formula is C15H11BN3O. The summed E-state index contributed by atoms with van der Waals surface area (Å²) in [4.78, 5) is 4.31. The van der Waals surface area contributed by atoms with Crippen LogP contribution < -0.4 is 5.46 Å². The van der Waals surface area contributed by atoms with Gasteiger partial charge in [-0.3, -0.25) is 0 Å². The van der Waals surface area contributed by atoms with Gasteiger partial charge in [-0.15, -0.1) is 0 Å². The van der Waals surface area contributed by atoms with Gasteiger partial charge in [-0.2, -0.15) is 5.26 Å². The van der Waals surface area contributed by atoms with Crippen LogP contribution in [0.25, 0.3) is 11.0 Å². The highest BCUT2D eigenvalue weighted by Crippen LogP contribution is 2.17. The molecule has 0 amide bonds. The third-order valence-electron chi connectivity index (χ3n) is 3.25. The number of aromatic nitrogens is 2. The molecule has 4 nitrogen and oxygen atoms in total. The summed E-state index contributed by atoms with van der Waals surface area (Å²) in [7, 11) is 1.08. The van der Waals surface area contributed by atoms with E-state index >= 15 is 0 Å². The number of hydrogen-bond acceptors (Lipinski definition) is 3. The molecule has 0 spiro atoms. The Balaban J connectivity index is 1.96. The van der Waals surface area contributed by atoms with Crippen LogP contribution >= 0.6 is 0 Å². The summed E-state index contributed by atoms with van der Waals surface area (Å²) in [5.74, 6) is 0. The van der Waals surface area contributed by atoms with Gasteiger partial charge in [0.2, 0.25) is 0 Å². The molecule has 1 heterocycles. The van der Waals surface area contributed by atoms with E-state index in [9.17, 15) is 0 Å². The Labute approximate surface area is 117 Å². The van der Waals surface area contributed by atoms with Crippen molar-refractivity contribution in [3.05, 3.63) is 59.9 Å². The summed E-state index contributed by atoms with van der Waals surface area (Å²) in [6.07, 6.45) is 1.75. The van der Waals surface area contributed by atoms with E-state index in [2.05, 4.69) is 11.1 Å². The van der Waals surface area contributed by atoms with Gasteiger partial charge in [0.25, 0.3) is 0 Å². The highest BCUT2D eigenvalue weighted by atomic mass is 16.2. The summed E-state index contributed by atoms with van der Waals surface area (Å²) in [6.45, 7) is 0.678. The molecule has 3 aromatic rings. The molecule has 2 aromatic carbocycles. The van der Waals surface area contributed by atoms with Crippen LogP contribution in [-0.4, -0.2) is 22.1 Å². The van der Waals surface area contributed by atoms with Crippen molar-refractivity contribution in [2.75, 3.05) is 0 Å². The molecule has 20 heavy (non-hydrogen) atoms. The zero-order valence-electron chi connectivity index (χ0n) is 10.7. The second-order valence-corrected chi connectivity index (χ2v) is 4.53. The van der Waals surface area contributed by atoms with Crippen LogP contribution in [0.15, 0.2) is 48.8 Å². The standard InChI is InChI=1S/C15H11BN3O/c17-8-12-2-1-3-14-15(12)18-10-19(14)9-11-4-6-13(16-20)7-5-11/h1-7,10,20H,9H2. The van der Waals surface area contributed by atoms with Crippen molar-refractivity contribution in [3.8, 4) is 6.07 Å². The predicted molar refractivity (Wildman–Crippen MR) is 77.6 cm³/mol. The quantitative estimate of drug-likeness (QED) is 0.719. The number of nitriles is 1. The maximum absolute atomic E-state index is 9.07. The number of para-hydroxylation sites is 1. The van der Waals surface area contributed by atoms with Gasteiger partial charge in [-0.05, 0) is 17.7 Å². The van der Waals surface area contributed by atoms with Gasteiger partial charge in [-0.1, -0.05) is 35.8 Å². The maximum atomic E-state index is 9.07.